The van der Waals surface area contributed by atoms with Gasteiger partial charge in [-0.2, -0.15) is 0 Å². The van der Waals surface area contributed by atoms with Crippen molar-refractivity contribution in [2.24, 2.45) is 5.73 Å². The van der Waals surface area contributed by atoms with Gasteiger partial charge in [-0.3, -0.25) is 14.9 Å². The molecule has 0 aliphatic carbocycles. The van der Waals surface area contributed by atoms with Crippen LogP contribution in [-0.4, -0.2) is 10.2 Å². The van der Waals surface area contributed by atoms with E-state index in [1.807, 2.05) is 0 Å². The Hall–Kier alpha value is -1.76. The highest BCUT2D eigenvalue weighted by Crippen LogP contribution is 2.27. The van der Waals surface area contributed by atoms with Crippen molar-refractivity contribution in [1.29, 1.82) is 0 Å². The Morgan fingerprint density at radius 2 is 2.14 bits per heavy atom. The van der Waals surface area contributed by atoms with E-state index in [0.29, 0.717) is 4.90 Å². The zero-order valence-corrected chi connectivity index (χ0v) is 7.78. The average Bonchev–Trinajstić information content (AvgIpc) is 2.07. The molecule has 0 aliphatic rings. The van der Waals surface area contributed by atoms with E-state index >= 15 is 0 Å². The van der Waals surface area contributed by atoms with E-state index in [1.54, 1.807) is 0 Å². The van der Waals surface area contributed by atoms with Gasteiger partial charge in [0.1, 0.15) is 5.69 Å². The number of nitrogens with two attached hydrogens (primary N) is 2. The van der Waals surface area contributed by atoms with Crippen LogP contribution in [0.15, 0.2) is 23.1 Å². The Labute approximate surface area is 83.4 Å². The molecule has 0 aliphatic heterocycles. The first-order valence-corrected chi connectivity index (χ1v) is 4.33. The molecule has 1 rings (SSSR count). The number of nitrogens with zero attached hydrogens (tertiary/aromatic N) is 1. The summed E-state index contributed by atoms with van der Waals surface area (Å²) in [4.78, 5) is 20.8. The van der Waals surface area contributed by atoms with Gasteiger partial charge in [-0.05, 0) is 23.9 Å². The number of primary amides is 1. The van der Waals surface area contributed by atoms with Gasteiger partial charge in [0.2, 0.25) is 0 Å². The first-order chi connectivity index (χ1) is 6.50. The Morgan fingerprint density at radius 1 is 1.50 bits per heavy atom. The molecule has 0 radical (unpaired) electrons. The lowest BCUT2D eigenvalue weighted by molar-refractivity contribution is -0.384. The molecule has 0 spiro atoms. The molecule has 0 aromatic heterocycles. The minimum atomic E-state index is -0.621. The number of benzene rings is 1. The van der Waals surface area contributed by atoms with E-state index in [9.17, 15) is 14.9 Å². The number of amides is 1. The number of carbonyl (C=O) groups is 1. The van der Waals surface area contributed by atoms with Gasteiger partial charge in [-0.1, -0.05) is 0 Å². The van der Waals surface area contributed by atoms with Crippen LogP contribution in [0, 0.1) is 10.1 Å². The lowest BCUT2D eigenvalue weighted by Gasteiger charge is -1.99. The zero-order chi connectivity index (χ0) is 10.7. The highest BCUT2D eigenvalue weighted by molar-refractivity contribution is 8.13. The maximum Gasteiger partial charge on any atom is 0.293 e. The fraction of sp³-hybridized carbons (Fsp3) is 0. The summed E-state index contributed by atoms with van der Waals surface area (Å²) in [7, 11) is 0. The molecule has 4 N–H and O–H groups in total. The average molecular weight is 213 g/mol. The second kappa shape index (κ2) is 3.97. The quantitative estimate of drug-likeness (QED) is 0.333. The SMILES string of the molecule is NC(=O)Sc1ccc(N)c([N+](=O)[O-])c1. The highest BCUT2D eigenvalue weighted by Gasteiger charge is 2.12. The molecule has 0 bridgehead atoms. The van der Waals surface area contributed by atoms with Crippen molar-refractivity contribution in [3.05, 3.63) is 28.3 Å². The molecule has 0 fully saturated rings. The Kier molecular flexibility index (Phi) is 2.92. The van der Waals surface area contributed by atoms with E-state index in [4.69, 9.17) is 11.5 Å². The maximum atomic E-state index is 10.5. The van der Waals surface area contributed by atoms with Gasteiger partial charge in [-0.25, -0.2) is 0 Å². The minimum Gasteiger partial charge on any atom is -0.393 e. The van der Waals surface area contributed by atoms with Gasteiger partial charge < -0.3 is 11.5 Å². The summed E-state index contributed by atoms with van der Waals surface area (Å²) < 4.78 is 0. The third-order valence-corrected chi connectivity index (χ3v) is 2.11. The molecule has 0 unspecified atom stereocenters. The molecule has 14 heavy (non-hydrogen) atoms. The molecule has 74 valence electrons. The lowest BCUT2D eigenvalue weighted by atomic mass is 10.3. The van der Waals surface area contributed by atoms with E-state index in [2.05, 4.69) is 0 Å². The third-order valence-electron chi connectivity index (χ3n) is 1.42. The first kappa shape index (κ1) is 10.3. The number of anilines is 1. The highest BCUT2D eigenvalue weighted by atomic mass is 32.2. The number of thioether (sulfide) groups is 1. The van der Waals surface area contributed by atoms with E-state index in [1.165, 1.54) is 18.2 Å². The topological polar surface area (TPSA) is 112 Å². The summed E-state index contributed by atoms with van der Waals surface area (Å²) in [5.41, 5.74) is 10.1. The van der Waals surface area contributed by atoms with Crippen LogP contribution in [0.2, 0.25) is 0 Å². The molecule has 7 heteroatoms. The number of nitrogen functional groups attached to an aromatic ring is 1. The van der Waals surface area contributed by atoms with Crippen LogP contribution >= 0.6 is 11.8 Å². The minimum absolute atomic E-state index is 0.0591. The summed E-state index contributed by atoms with van der Waals surface area (Å²) in [5.74, 6) is 0. The lowest BCUT2D eigenvalue weighted by Crippen LogP contribution is -2.02. The molecule has 1 aromatic carbocycles. The largest absolute Gasteiger partial charge is 0.393 e. The number of carbonyl (C=O) groups excluding carboxylic acids is 1. The smallest absolute Gasteiger partial charge is 0.293 e. The van der Waals surface area contributed by atoms with Crippen molar-refractivity contribution >= 4 is 28.4 Å². The number of nitro groups is 1. The van der Waals surface area contributed by atoms with Crippen molar-refractivity contribution < 1.29 is 9.72 Å². The van der Waals surface area contributed by atoms with E-state index in [0.717, 1.165) is 11.8 Å². The Balaban J connectivity index is 3.06. The molecule has 6 nitrogen and oxygen atoms in total. The molecule has 0 saturated carbocycles. The molecule has 1 amide bonds. The van der Waals surface area contributed by atoms with Crippen molar-refractivity contribution in [2.45, 2.75) is 4.90 Å². The van der Waals surface area contributed by atoms with Gasteiger partial charge in [0.15, 0.2) is 0 Å². The second-order valence-electron chi connectivity index (χ2n) is 2.40. The van der Waals surface area contributed by atoms with Crippen LogP contribution in [-0.2, 0) is 0 Å². The Bertz CT molecular complexity index is 394. The molecule has 0 atom stereocenters. The third kappa shape index (κ3) is 2.36. The zero-order valence-electron chi connectivity index (χ0n) is 6.97. The number of hydrogen-bond acceptors (Lipinski definition) is 5. The van der Waals surface area contributed by atoms with Crippen LogP contribution in [0.4, 0.5) is 16.2 Å². The fourth-order valence-electron chi connectivity index (χ4n) is 0.861. The fourth-order valence-corrected chi connectivity index (χ4v) is 1.40. The van der Waals surface area contributed by atoms with Crippen molar-refractivity contribution in [1.82, 2.24) is 0 Å². The van der Waals surface area contributed by atoms with E-state index < -0.39 is 10.2 Å². The van der Waals surface area contributed by atoms with Crippen LogP contribution in [0.1, 0.15) is 0 Å². The van der Waals surface area contributed by atoms with Gasteiger partial charge in [0.25, 0.3) is 10.9 Å². The van der Waals surface area contributed by atoms with E-state index in [-0.39, 0.29) is 11.4 Å². The van der Waals surface area contributed by atoms with Crippen LogP contribution in [0.25, 0.3) is 0 Å². The van der Waals surface area contributed by atoms with Gasteiger partial charge in [0.05, 0.1) is 4.92 Å². The van der Waals surface area contributed by atoms with Gasteiger partial charge in [0, 0.05) is 11.0 Å². The normalized spacial score (nSPS) is 9.71. The van der Waals surface area contributed by atoms with Crippen molar-refractivity contribution in [2.75, 3.05) is 5.73 Å². The number of rotatable bonds is 2. The Morgan fingerprint density at radius 3 is 2.64 bits per heavy atom. The second-order valence-corrected chi connectivity index (χ2v) is 3.48. The first-order valence-electron chi connectivity index (χ1n) is 3.52. The molecular formula is C7H7N3O3S. The summed E-state index contributed by atoms with van der Waals surface area (Å²) in [6.45, 7) is 0. The maximum absolute atomic E-state index is 10.5. The summed E-state index contributed by atoms with van der Waals surface area (Å²) >= 11 is 0.718. The van der Waals surface area contributed by atoms with Crippen molar-refractivity contribution in [3.63, 3.8) is 0 Å². The number of hydrogen-bond donors (Lipinski definition) is 2. The molecule has 0 saturated heterocycles. The number of nitro benzene ring substituents is 1. The van der Waals surface area contributed by atoms with Gasteiger partial charge in [-0.15, -0.1) is 0 Å². The van der Waals surface area contributed by atoms with Crippen LogP contribution in [0.3, 0.4) is 0 Å². The van der Waals surface area contributed by atoms with Crippen molar-refractivity contribution in [3.8, 4) is 0 Å². The summed E-state index contributed by atoms with van der Waals surface area (Å²) in [6.07, 6.45) is 0. The van der Waals surface area contributed by atoms with Crippen LogP contribution < -0.4 is 11.5 Å². The summed E-state index contributed by atoms with van der Waals surface area (Å²) in [6, 6.07) is 4.08. The monoisotopic (exact) mass is 213 g/mol. The predicted octanol–water partition coefficient (Wildman–Crippen LogP) is 1.35. The van der Waals surface area contributed by atoms with Crippen LogP contribution in [0.5, 0.6) is 0 Å². The molecule has 0 heterocycles. The molecule has 1 aromatic rings. The standard InChI is InChI=1S/C7H7N3O3S/c8-5-2-1-4(14-7(9)11)3-6(5)10(12)13/h1-3H,8H2,(H2,9,11). The predicted molar refractivity (Wildman–Crippen MR) is 52.9 cm³/mol. The summed E-state index contributed by atoms with van der Waals surface area (Å²) in [5, 5.41) is 9.84. The molecular weight excluding hydrogens is 206 g/mol. The van der Waals surface area contributed by atoms with Gasteiger partial charge >= 0.3 is 0 Å².